The predicted molar refractivity (Wildman–Crippen MR) is 148 cm³/mol. The number of hydrazine groups is 1. The van der Waals surface area contributed by atoms with Crippen LogP contribution in [0.1, 0.15) is 77.3 Å². The molecule has 198 valence electrons. The molecule has 0 saturated carbocycles. The Bertz CT molecular complexity index is 995. The molecule has 0 radical (unpaired) electrons. The van der Waals surface area contributed by atoms with E-state index in [-0.39, 0.29) is 11.7 Å². The standard InChI is InChI=1S/C30H45FN4O/c1-8-10-12-22(4)19-35-20-34-33-18-28(24(6)23(5)27(30(35)36)13-11-9-2)25(7)32-17-26-15-14-21(3)16-29(26)31/h14-16,18,22,32-34H,6-13,17,19-20H2,1-5H3/b27-23+,28-18+. The molecule has 0 aromatic heterocycles. The van der Waals surface area contributed by atoms with E-state index in [0.29, 0.717) is 43.4 Å². The first-order valence-corrected chi connectivity index (χ1v) is 13.2. The van der Waals surface area contributed by atoms with Crippen LogP contribution in [0.4, 0.5) is 4.39 Å². The van der Waals surface area contributed by atoms with Gasteiger partial charge < -0.3 is 15.6 Å². The number of carbonyl (C=O) groups is 1. The molecule has 0 fully saturated rings. The number of unbranched alkanes of at least 4 members (excludes halogenated alkanes) is 2. The Hall–Kier alpha value is -2.86. The van der Waals surface area contributed by atoms with Crippen LogP contribution in [0.5, 0.6) is 0 Å². The summed E-state index contributed by atoms with van der Waals surface area (Å²) in [6.07, 6.45) is 7.87. The second-order valence-corrected chi connectivity index (χ2v) is 9.92. The van der Waals surface area contributed by atoms with Crippen LogP contribution in [0.3, 0.4) is 0 Å². The van der Waals surface area contributed by atoms with Gasteiger partial charge in [0, 0.05) is 41.7 Å². The van der Waals surface area contributed by atoms with Crippen molar-refractivity contribution in [2.24, 2.45) is 5.92 Å². The minimum atomic E-state index is -0.245. The molecule has 36 heavy (non-hydrogen) atoms. The quantitative estimate of drug-likeness (QED) is 0.313. The summed E-state index contributed by atoms with van der Waals surface area (Å²) in [6.45, 7) is 20.3. The van der Waals surface area contributed by atoms with Crippen LogP contribution >= 0.6 is 0 Å². The molecule has 2 rings (SSSR count). The van der Waals surface area contributed by atoms with E-state index < -0.39 is 0 Å². The third-order valence-electron chi connectivity index (χ3n) is 6.75. The smallest absolute Gasteiger partial charge is 0.251 e. The second kappa shape index (κ2) is 14.6. The van der Waals surface area contributed by atoms with Gasteiger partial charge in [0.25, 0.3) is 5.91 Å². The SMILES string of the molecule is C=C(NCc1ccc(C)cc1F)/C1=C/NNCN(CC(C)CCCC)C(=O)/C(CCCC)=C(\C)C1=C. The highest BCUT2D eigenvalue weighted by molar-refractivity contribution is 5.95. The van der Waals surface area contributed by atoms with Crippen LogP contribution in [-0.4, -0.2) is 24.0 Å². The minimum Gasteiger partial charge on any atom is -0.381 e. The fourth-order valence-corrected chi connectivity index (χ4v) is 4.34. The average molecular weight is 497 g/mol. The highest BCUT2D eigenvalue weighted by atomic mass is 19.1. The monoisotopic (exact) mass is 496 g/mol. The first-order chi connectivity index (χ1) is 17.2. The van der Waals surface area contributed by atoms with Gasteiger partial charge in [0.2, 0.25) is 0 Å². The van der Waals surface area contributed by atoms with E-state index in [1.54, 1.807) is 6.07 Å². The maximum absolute atomic E-state index is 14.3. The molecule has 6 heteroatoms. The molecule has 1 amide bonds. The zero-order chi connectivity index (χ0) is 26.7. The van der Waals surface area contributed by atoms with E-state index in [0.717, 1.165) is 60.0 Å². The van der Waals surface area contributed by atoms with Crippen molar-refractivity contribution >= 4 is 5.91 Å². The lowest BCUT2D eigenvalue weighted by atomic mass is 9.91. The number of carbonyl (C=O) groups excluding carboxylic acids is 1. The summed E-state index contributed by atoms with van der Waals surface area (Å²) in [4.78, 5) is 15.7. The third-order valence-corrected chi connectivity index (χ3v) is 6.75. The van der Waals surface area contributed by atoms with Gasteiger partial charge in [-0.1, -0.05) is 65.3 Å². The van der Waals surface area contributed by atoms with Gasteiger partial charge in [-0.25, -0.2) is 9.82 Å². The summed E-state index contributed by atoms with van der Waals surface area (Å²) in [7, 11) is 0. The summed E-state index contributed by atoms with van der Waals surface area (Å²) >= 11 is 0. The van der Waals surface area contributed by atoms with Gasteiger partial charge in [-0.15, -0.1) is 0 Å². The molecule has 1 aliphatic rings. The van der Waals surface area contributed by atoms with Crippen molar-refractivity contribution in [2.75, 3.05) is 13.2 Å². The topological polar surface area (TPSA) is 56.4 Å². The molecule has 1 aromatic carbocycles. The molecule has 5 nitrogen and oxygen atoms in total. The molecule has 1 aromatic rings. The predicted octanol–water partition coefficient (Wildman–Crippen LogP) is 6.40. The van der Waals surface area contributed by atoms with E-state index in [1.807, 2.05) is 31.0 Å². The van der Waals surface area contributed by atoms with Gasteiger partial charge in [0.15, 0.2) is 0 Å². The first kappa shape index (κ1) is 29.4. The van der Waals surface area contributed by atoms with E-state index >= 15 is 0 Å². The molecule has 1 atom stereocenters. The molecule has 0 spiro atoms. The molecule has 0 bridgehead atoms. The molecule has 1 heterocycles. The number of aryl methyl sites for hydroxylation is 1. The van der Waals surface area contributed by atoms with Crippen molar-refractivity contribution in [3.8, 4) is 0 Å². The molecule has 0 aliphatic carbocycles. The van der Waals surface area contributed by atoms with Crippen molar-refractivity contribution in [2.45, 2.75) is 79.7 Å². The molecule has 3 N–H and O–H groups in total. The molecular formula is C30H45FN4O. The van der Waals surface area contributed by atoms with E-state index in [1.165, 1.54) is 6.07 Å². The van der Waals surface area contributed by atoms with Crippen LogP contribution in [0.25, 0.3) is 0 Å². The number of allylic oxidation sites excluding steroid dienone is 2. The summed E-state index contributed by atoms with van der Waals surface area (Å²) in [5, 5.41) is 3.24. The fourth-order valence-electron chi connectivity index (χ4n) is 4.34. The lowest BCUT2D eigenvalue weighted by Crippen LogP contribution is -2.46. The fraction of sp³-hybridized carbons (Fsp3) is 0.500. The van der Waals surface area contributed by atoms with Crippen molar-refractivity contribution in [3.05, 3.63) is 82.5 Å². The zero-order valence-corrected chi connectivity index (χ0v) is 22.9. The Morgan fingerprint density at radius 1 is 1.22 bits per heavy atom. The number of amides is 1. The number of hydrogen-bond donors (Lipinski definition) is 3. The van der Waals surface area contributed by atoms with E-state index in [9.17, 15) is 9.18 Å². The number of nitrogens with zero attached hydrogens (tertiary/aromatic N) is 1. The summed E-state index contributed by atoms with van der Waals surface area (Å²) in [5.41, 5.74) is 11.5. The highest BCUT2D eigenvalue weighted by Gasteiger charge is 2.24. The number of hydrogen-bond acceptors (Lipinski definition) is 4. The maximum atomic E-state index is 14.3. The largest absolute Gasteiger partial charge is 0.381 e. The Morgan fingerprint density at radius 2 is 1.94 bits per heavy atom. The van der Waals surface area contributed by atoms with Gasteiger partial charge in [-0.3, -0.25) is 4.79 Å². The molecule has 1 aliphatic heterocycles. The average Bonchev–Trinajstić information content (AvgIpc) is 2.85. The van der Waals surface area contributed by atoms with Gasteiger partial charge in [-0.05, 0) is 61.8 Å². The molecule has 0 saturated heterocycles. The van der Waals surface area contributed by atoms with Gasteiger partial charge >= 0.3 is 0 Å². The van der Waals surface area contributed by atoms with Crippen molar-refractivity contribution in [1.82, 2.24) is 21.1 Å². The number of nitrogens with one attached hydrogen (secondary N) is 3. The third kappa shape index (κ3) is 8.37. The van der Waals surface area contributed by atoms with E-state index in [4.69, 9.17) is 0 Å². The van der Waals surface area contributed by atoms with Crippen LogP contribution in [0.15, 0.2) is 65.5 Å². The van der Waals surface area contributed by atoms with Crippen molar-refractivity contribution < 1.29 is 9.18 Å². The van der Waals surface area contributed by atoms with Crippen molar-refractivity contribution in [1.29, 1.82) is 0 Å². The molecule has 1 unspecified atom stereocenters. The maximum Gasteiger partial charge on any atom is 0.251 e. The first-order valence-electron chi connectivity index (χ1n) is 13.2. The molecular weight excluding hydrogens is 451 g/mol. The van der Waals surface area contributed by atoms with Crippen LogP contribution in [0, 0.1) is 18.7 Å². The summed E-state index contributed by atoms with van der Waals surface area (Å²) < 4.78 is 14.3. The van der Waals surface area contributed by atoms with Crippen LogP contribution < -0.4 is 16.2 Å². The number of halogens is 1. The Morgan fingerprint density at radius 3 is 2.61 bits per heavy atom. The van der Waals surface area contributed by atoms with E-state index in [2.05, 4.69) is 50.1 Å². The Balaban J connectivity index is 2.28. The Labute approximate surface area is 217 Å². The zero-order valence-electron chi connectivity index (χ0n) is 22.9. The highest BCUT2D eigenvalue weighted by Crippen LogP contribution is 2.28. The van der Waals surface area contributed by atoms with Gasteiger partial charge in [0.05, 0.1) is 6.67 Å². The Kier molecular flexibility index (Phi) is 11.9. The van der Waals surface area contributed by atoms with Crippen molar-refractivity contribution in [3.63, 3.8) is 0 Å². The lowest BCUT2D eigenvalue weighted by Gasteiger charge is -2.30. The number of rotatable bonds is 12. The van der Waals surface area contributed by atoms with Crippen LogP contribution in [0.2, 0.25) is 0 Å². The number of benzene rings is 1. The van der Waals surface area contributed by atoms with Crippen LogP contribution in [-0.2, 0) is 11.3 Å². The summed E-state index contributed by atoms with van der Waals surface area (Å²) in [5.74, 6) is 0.235. The van der Waals surface area contributed by atoms with Gasteiger partial charge in [-0.2, -0.15) is 0 Å². The van der Waals surface area contributed by atoms with Gasteiger partial charge in [0.1, 0.15) is 5.82 Å². The summed E-state index contributed by atoms with van der Waals surface area (Å²) in [6, 6.07) is 5.20. The normalized spacial score (nSPS) is 19.4. The second-order valence-electron chi connectivity index (χ2n) is 9.92. The lowest BCUT2D eigenvalue weighted by molar-refractivity contribution is -0.128. The minimum absolute atomic E-state index is 0.0568.